The fourth-order valence-electron chi connectivity index (χ4n) is 0.569. The first-order valence-electron chi connectivity index (χ1n) is 3.65. The van der Waals surface area contributed by atoms with E-state index in [1.807, 2.05) is 0 Å². The van der Waals surface area contributed by atoms with Crippen molar-refractivity contribution in [3.8, 4) is 0 Å². The lowest BCUT2D eigenvalue weighted by Crippen LogP contribution is -2.24. The minimum atomic E-state index is -0.245. The summed E-state index contributed by atoms with van der Waals surface area (Å²) < 4.78 is 0. The second-order valence-electron chi connectivity index (χ2n) is 2.79. The second-order valence-corrected chi connectivity index (χ2v) is 2.79. The second kappa shape index (κ2) is 5.45. The van der Waals surface area contributed by atoms with Crippen molar-refractivity contribution >= 4 is 0 Å². The molecule has 0 unspecified atom stereocenters. The smallest absolute Gasteiger partial charge is 0.0636 e. The third-order valence-electron chi connectivity index (χ3n) is 1.09. The number of hydrogen-bond donors (Lipinski definition) is 2. The van der Waals surface area contributed by atoms with Crippen LogP contribution in [-0.4, -0.2) is 24.3 Å². The third-order valence-corrected chi connectivity index (χ3v) is 1.09. The van der Waals surface area contributed by atoms with Gasteiger partial charge in [-0.2, -0.15) is 0 Å². The Morgan fingerprint density at radius 3 is 2.60 bits per heavy atom. The van der Waals surface area contributed by atoms with Crippen molar-refractivity contribution in [2.45, 2.75) is 26.9 Å². The standard InChI is InChI=1S/C8H17NO/c1-7(2)4-5-9-6-8(3)10/h4,8-10H,5-6H2,1-3H3/t8-/m1/s1. The van der Waals surface area contributed by atoms with Crippen LogP contribution in [-0.2, 0) is 0 Å². The zero-order chi connectivity index (χ0) is 7.98. The maximum atomic E-state index is 8.83. The van der Waals surface area contributed by atoms with Gasteiger partial charge < -0.3 is 10.4 Å². The Morgan fingerprint density at radius 1 is 1.60 bits per heavy atom. The topological polar surface area (TPSA) is 32.3 Å². The van der Waals surface area contributed by atoms with Crippen LogP contribution >= 0.6 is 0 Å². The van der Waals surface area contributed by atoms with Crippen LogP contribution in [0.1, 0.15) is 20.8 Å². The lowest BCUT2D eigenvalue weighted by Gasteiger charge is -2.03. The van der Waals surface area contributed by atoms with E-state index in [1.165, 1.54) is 5.57 Å². The number of hydrogen-bond acceptors (Lipinski definition) is 2. The molecule has 60 valence electrons. The Labute approximate surface area is 62.9 Å². The van der Waals surface area contributed by atoms with Gasteiger partial charge in [0.05, 0.1) is 6.10 Å². The summed E-state index contributed by atoms with van der Waals surface area (Å²) in [5, 5.41) is 11.9. The van der Waals surface area contributed by atoms with E-state index in [1.54, 1.807) is 6.92 Å². The van der Waals surface area contributed by atoms with Crippen molar-refractivity contribution in [2.75, 3.05) is 13.1 Å². The van der Waals surface area contributed by atoms with Gasteiger partial charge in [-0.05, 0) is 20.8 Å². The normalized spacial score (nSPS) is 12.8. The highest BCUT2D eigenvalue weighted by Gasteiger charge is 1.90. The van der Waals surface area contributed by atoms with Gasteiger partial charge in [0.25, 0.3) is 0 Å². The number of nitrogens with one attached hydrogen (secondary N) is 1. The molecule has 0 heterocycles. The molecule has 0 amide bonds. The quantitative estimate of drug-likeness (QED) is 0.453. The molecule has 0 saturated heterocycles. The summed E-state index contributed by atoms with van der Waals surface area (Å²) in [6.45, 7) is 7.42. The fourth-order valence-corrected chi connectivity index (χ4v) is 0.569. The molecule has 2 N–H and O–H groups in total. The Balaban J connectivity index is 3.13. The van der Waals surface area contributed by atoms with Crippen LogP contribution in [0.25, 0.3) is 0 Å². The molecular formula is C8H17NO. The van der Waals surface area contributed by atoms with Crippen molar-refractivity contribution in [1.29, 1.82) is 0 Å². The molecule has 0 aromatic rings. The average molecular weight is 143 g/mol. The van der Waals surface area contributed by atoms with Crippen LogP contribution in [0.15, 0.2) is 11.6 Å². The molecule has 0 spiro atoms. The highest BCUT2D eigenvalue weighted by atomic mass is 16.3. The minimum Gasteiger partial charge on any atom is -0.392 e. The summed E-state index contributed by atoms with van der Waals surface area (Å²) >= 11 is 0. The molecule has 0 radical (unpaired) electrons. The van der Waals surface area contributed by atoms with E-state index in [4.69, 9.17) is 5.11 Å². The Hall–Kier alpha value is -0.340. The predicted octanol–water partition coefficient (Wildman–Crippen LogP) is 0.923. The molecule has 2 heteroatoms. The largest absolute Gasteiger partial charge is 0.392 e. The van der Waals surface area contributed by atoms with Crippen LogP contribution in [0.4, 0.5) is 0 Å². The van der Waals surface area contributed by atoms with Crippen LogP contribution in [0.5, 0.6) is 0 Å². The first-order chi connectivity index (χ1) is 4.63. The van der Waals surface area contributed by atoms with E-state index >= 15 is 0 Å². The lowest BCUT2D eigenvalue weighted by atomic mass is 10.3. The Bertz CT molecular complexity index is 104. The summed E-state index contributed by atoms with van der Waals surface area (Å²) in [6.07, 6.45) is 1.85. The van der Waals surface area contributed by atoms with Crippen LogP contribution in [0.2, 0.25) is 0 Å². The zero-order valence-corrected chi connectivity index (χ0v) is 7.02. The van der Waals surface area contributed by atoms with E-state index in [0.29, 0.717) is 6.54 Å². The van der Waals surface area contributed by atoms with Gasteiger partial charge in [0.15, 0.2) is 0 Å². The Kier molecular flexibility index (Phi) is 5.26. The number of allylic oxidation sites excluding steroid dienone is 1. The SMILES string of the molecule is CC(C)=CCNC[C@@H](C)O. The first kappa shape index (κ1) is 9.66. The molecular weight excluding hydrogens is 126 g/mol. The third kappa shape index (κ3) is 7.66. The van der Waals surface area contributed by atoms with E-state index in [-0.39, 0.29) is 6.10 Å². The van der Waals surface area contributed by atoms with Gasteiger partial charge in [0.2, 0.25) is 0 Å². The molecule has 1 atom stereocenters. The van der Waals surface area contributed by atoms with Gasteiger partial charge >= 0.3 is 0 Å². The maximum absolute atomic E-state index is 8.83. The average Bonchev–Trinajstić information content (AvgIpc) is 1.79. The van der Waals surface area contributed by atoms with Gasteiger partial charge in [-0.1, -0.05) is 11.6 Å². The summed E-state index contributed by atoms with van der Waals surface area (Å²) in [6, 6.07) is 0. The zero-order valence-electron chi connectivity index (χ0n) is 7.02. The highest BCUT2D eigenvalue weighted by Crippen LogP contribution is 1.85. The van der Waals surface area contributed by atoms with Crippen LogP contribution in [0.3, 0.4) is 0 Å². The van der Waals surface area contributed by atoms with Gasteiger partial charge in [0.1, 0.15) is 0 Å². The Morgan fingerprint density at radius 2 is 2.20 bits per heavy atom. The van der Waals surface area contributed by atoms with Crippen molar-refractivity contribution in [1.82, 2.24) is 5.32 Å². The monoisotopic (exact) mass is 143 g/mol. The van der Waals surface area contributed by atoms with E-state index in [9.17, 15) is 0 Å². The van der Waals surface area contributed by atoms with E-state index < -0.39 is 0 Å². The van der Waals surface area contributed by atoms with Crippen molar-refractivity contribution in [3.63, 3.8) is 0 Å². The first-order valence-corrected chi connectivity index (χ1v) is 3.65. The molecule has 0 aliphatic carbocycles. The molecule has 0 aromatic heterocycles. The predicted molar refractivity (Wildman–Crippen MR) is 44.0 cm³/mol. The lowest BCUT2D eigenvalue weighted by molar-refractivity contribution is 0.193. The highest BCUT2D eigenvalue weighted by molar-refractivity contribution is 4.94. The molecule has 0 saturated carbocycles. The fraction of sp³-hybridized carbons (Fsp3) is 0.750. The molecule has 0 aliphatic heterocycles. The van der Waals surface area contributed by atoms with Gasteiger partial charge in [-0.15, -0.1) is 0 Å². The van der Waals surface area contributed by atoms with E-state index in [2.05, 4.69) is 25.2 Å². The maximum Gasteiger partial charge on any atom is 0.0636 e. The van der Waals surface area contributed by atoms with Crippen LogP contribution in [0, 0.1) is 0 Å². The molecule has 0 aliphatic rings. The summed E-state index contributed by atoms with van der Waals surface area (Å²) in [5.74, 6) is 0. The molecule has 0 fully saturated rings. The number of rotatable bonds is 4. The van der Waals surface area contributed by atoms with Crippen molar-refractivity contribution in [2.24, 2.45) is 0 Å². The number of aliphatic hydroxyl groups is 1. The molecule has 2 nitrogen and oxygen atoms in total. The molecule has 0 rings (SSSR count). The summed E-state index contributed by atoms with van der Waals surface area (Å²) in [5.41, 5.74) is 1.30. The summed E-state index contributed by atoms with van der Waals surface area (Å²) in [4.78, 5) is 0. The number of aliphatic hydroxyl groups excluding tert-OH is 1. The molecule has 10 heavy (non-hydrogen) atoms. The van der Waals surface area contributed by atoms with Gasteiger partial charge in [-0.3, -0.25) is 0 Å². The summed E-state index contributed by atoms with van der Waals surface area (Å²) in [7, 11) is 0. The minimum absolute atomic E-state index is 0.245. The van der Waals surface area contributed by atoms with Gasteiger partial charge in [-0.25, -0.2) is 0 Å². The van der Waals surface area contributed by atoms with E-state index in [0.717, 1.165) is 6.54 Å². The van der Waals surface area contributed by atoms with Gasteiger partial charge in [0, 0.05) is 13.1 Å². The van der Waals surface area contributed by atoms with Crippen molar-refractivity contribution < 1.29 is 5.11 Å². The molecule has 0 aromatic carbocycles. The van der Waals surface area contributed by atoms with Crippen LogP contribution < -0.4 is 5.32 Å². The van der Waals surface area contributed by atoms with Crippen molar-refractivity contribution in [3.05, 3.63) is 11.6 Å². The molecule has 0 bridgehead atoms.